The number of rotatable bonds is 6. The van der Waals surface area contributed by atoms with Gasteiger partial charge >= 0.3 is 5.97 Å². The van der Waals surface area contributed by atoms with Gasteiger partial charge in [-0.15, -0.1) is 0 Å². The quantitative estimate of drug-likeness (QED) is 0.778. The van der Waals surface area contributed by atoms with Crippen LogP contribution in [0.1, 0.15) is 24.2 Å². The smallest absolute Gasteiger partial charge is 0.326 e. The van der Waals surface area contributed by atoms with Gasteiger partial charge in [0.05, 0.1) is 10.6 Å². The number of carboxylic acid groups (broad SMARTS) is 1. The Bertz CT molecular complexity index is 594. The van der Waals surface area contributed by atoms with Crippen LogP contribution in [-0.4, -0.2) is 46.9 Å². The van der Waals surface area contributed by atoms with Gasteiger partial charge in [-0.3, -0.25) is 9.59 Å². The van der Waals surface area contributed by atoms with Crippen molar-refractivity contribution in [2.24, 2.45) is 0 Å². The second-order valence-electron chi connectivity index (χ2n) is 4.62. The molecule has 120 valence electrons. The standard InChI is InChI=1S/C14H16BrClN2O4/c1-8(14(21)22)18(6-5-17-9(2)19)13(20)11-7-10(15)3-4-12(11)16/h3-4,7-8H,5-6H2,1-2H3,(H,17,19)(H,21,22). The summed E-state index contributed by atoms with van der Waals surface area (Å²) < 4.78 is 0.657. The summed E-state index contributed by atoms with van der Waals surface area (Å²) in [4.78, 5) is 35.9. The third-order valence-electron chi connectivity index (χ3n) is 2.97. The molecular weight excluding hydrogens is 376 g/mol. The number of hydrogen-bond acceptors (Lipinski definition) is 3. The van der Waals surface area contributed by atoms with Gasteiger partial charge in [0.15, 0.2) is 0 Å². The van der Waals surface area contributed by atoms with Crippen LogP contribution >= 0.6 is 27.5 Å². The van der Waals surface area contributed by atoms with Crippen molar-refractivity contribution in [2.45, 2.75) is 19.9 Å². The zero-order chi connectivity index (χ0) is 16.9. The maximum Gasteiger partial charge on any atom is 0.326 e. The topological polar surface area (TPSA) is 86.7 Å². The first-order valence-corrected chi connectivity index (χ1v) is 7.64. The summed E-state index contributed by atoms with van der Waals surface area (Å²) in [5, 5.41) is 11.9. The van der Waals surface area contributed by atoms with E-state index >= 15 is 0 Å². The summed E-state index contributed by atoms with van der Waals surface area (Å²) in [6, 6.07) is 3.72. The summed E-state index contributed by atoms with van der Waals surface area (Å²) in [5.74, 6) is -1.90. The minimum Gasteiger partial charge on any atom is -0.480 e. The van der Waals surface area contributed by atoms with Crippen LogP contribution in [0.2, 0.25) is 5.02 Å². The van der Waals surface area contributed by atoms with Crippen LogP contribution in [0.4, 0.5) is 0 Å². The number of amides is 2. The van der Waals surface area contributed by atoms with Gasteiger partial charge in [0.25, 0.3) is 5.91 Å². The number of halogens is 2. The van der Waals surface area contributed by atoms with Crippen LogP contribution in [0.15, 0.2) is 22.7 Å². The van der Waals surface area contributed by atoms with Gasteiger partial charge < -0.3 is 15.3 Å². The van der Waals surface area contributed by atoms with Crippen molar-refractivity contribution in [1.82, 2.24) is 10.2 Å². The molecule has 0 bridgehead atoms. The van der Waals surface area contributed by atoms with Gasteiger partial charge in [-0.05, 0) is 25.1 Å². The highest BCUT2D eigenvalue weighted by Gasteiger charge is 2.27. The highest BCUT2D eigenvalue weighted by atomic mass is 79.9. The molecule has 1 rings (SSSR count). The fraction of sp³-hybridized carbons (Fsp3) is 0.357. The van der Waals surface area contributed by atoms with E-state index in [1.165, 1.54) is 19.9 Å². The number of aliphatic carboxylic acids is 1. The first-order chi connectivity index (χ1) is 10.2. The van der Waals surface area contributed by atoms with E-state index < -0.39 is 17.9 Å². The molecule has 2 N–H and O–H groups in total. The monoisotopic (exact) mass is 390 g/mol. The molecule has 0 saturated carbocycles. The third kappa shape index (κ3) is 4.99. The molecule has 0 aliphatic heterocycles. The Hall–Kier alpha value is -1.60. The normalized spacial score (nSPS) is 11.6. The van der Waals surface area contributed by atoms with Gasteiger partial charge in [-0.1, -0.05) is 27.5 Å². The van der Waals surface area contributed by atoms with Crippen LogP contribution in [-0.2, 0) is 9.59 Å². The highest BCUT2D eigenvalue weighted by molar-refractivity contribution is 9.10. The molecule has 1 atom stereocenters. The molecule has 0 aromatic heterocycles. The van der Waals surface area contributed by atoms with E-state index in [1.54, 1.807) is 12.1 Å². The SMILES string of the molecule is CC(=O)NCCN(C(=O)c1cc(Br)ccc1Cl)C(C)C(=O)O. The summed E-state index contributed by atoms with van der Waals surface area (Å²) in [5.41, 5.74) is 0.201. The fourth-order valence-electron chi connectivity index (χ4n) is 1.77. The second kappa shape index (κ2) is 8.14. The van der Waals surface area contributed by atoms with E-state index in [0.29, 0.717) is 4.47 Å². The average molecular weight is 392 g/mol. The number of carbonyl (C=O) groups is 3. The Kier molecular flexibility index (Phi) is 6.83. The molecule has 1 aromatic rings. The van der Waals surface area contributed by atoms with Crippen molar-refractivity contribution in [3.8, 4) is 0 Å². The lowest BCUT2D eigenvalue weighted by atomic mass is 10.1. The minimum absolute atomic E-state index is 0.0642. The third-order valence-corrected chi connectivity index (χ3v) is 3.79. The lowest BCUT2D eigenvalue weighted by Gasteiger charge is -2.27. The van der Waals surface area contributed by atoms with Crippen molar-refractivity contribution in [2.75, 3.05) is 13.1 Å². The van der Waals surface area contributed by atoms with Crippen molar-refractivity contribution < 1.29 is 19.5 Å². The van der Waals surface area contributed by atoms with Crippen molar-refractivity contribution in [3.05, 3.63) is 33.3 Å². The van der Waals surface area contributed by atoms with E-state index in [-0.39, 0.29) is 29.6 Å². The molecule has 6 nitrogen and oxygen atoms in total. The van der Waals surface area contributed by atoms with Gasteiger partial charge in [-0.2, -0.15) is 0 Å². The molecule has 0 spiro atoms. The highest BCUT2D eigenvalue weighted by Crippen LogP contribution is 2.23. The van der Waals surface area contributed by atoms with Crippen LogP contribution in [0.25, 0.3) is 0 Å². The first kappa shape index (κ1) is 18.4. The Morgan fingerprint density at radius 2 is 2.05 bits per heavy atom. The van der Waals surface area contributed by atoms with Gasteiger partial charge in [0, 0.05) is 24.5 Å². The lowest BCUT2D eigenvalue weighted by Crippen LogP contribution is -2.46. The molecule has 0 aliphatic carbocycles. The Morgan fingerprint density at radius 3 is 2.59 bits per heavy atom. The molecule has 0 aliphatic rings. The summed E-state index contributed by atoms with van der Waals surface area (Å²) in [6.45, 7) is 2.97. The second-order valence-corrected chi connectivity index (χ2v) is 5.94. The first-order valence-electron chi connectivity index (χ1n) is 6.47. The number of benzene rings is 1. The van der Waals surface area contributed by atoms with Crippen LogP contribution < -0.4 is 5.32 Å². The van der Waals surface area contributed by atoms with E-state index in [1.807, 2.05) is 0 Å². The van der Waals surface area contributed by atoms with Crippen LogP contribution in [0.5, 0.6) is 0 Å². The van der Waals surface area contributed by atoms with Crippen molar-refractivity contribution in [3.63, 3.8) is 0 Å². The van der Waals surface area contributed by atoms with E-state index in [9.17, 15) is 14.4 Å². The molecule has 0 radical (unpaired) electrons. The van der Waals surface area contributed by atoms with Crippen LogP contribution in [0, 0.1) is 0 Å². The molecule has 1 aromatic carbocycles. The summed E-state index contributed by atoms with van der Waals surface area (Å²) in [6.07, 6.45) is 0. The lowest BCUT2D eigenvalue weighted by molar-refractivity contribution is -0.141. The number of carboxylic acids is 1. The summed E-state index contributed by atoms with van der Waals surface area (Å²) >= 11 is 9.27. The molecule has 0 heterocycles. The maximum absolute atomic E-state index is 12.6. The van der Waals surface area contributed by atoms with Crippen LogP contribution in [0.3, 0.4) is 0 Å². The van der Waals surface area contributed by atoms with Gasteiger partial charge in [-0.25, -0.2) is 4.79 Å². The predicted molar refractivity (Wildman–Crippen MR) is 86.0 cm³/mol. The molecule has 0 saturated heterocycles. The Labute approximate surface area is 141 Å². The van der Waals surface area contributed by atoms with Crippen molar-refractivity contribution >= 4 is 45.3 Å². The van der Waals surface area contributed by atoms with Crippen molar-refractivity contribution in [1.29, 1.82) is 0 Å². The number of hydrogen-bond donors (Lipinski definition) is 2. The largest absolute Gasteiger partial charge is 0.480 e. The van der Waals surface area contributed by atoms with E-state index in [2.05, 4.69) is 21.2 Å². The van der Waals surface area contributed by atoms with Gasteiger partial charge in [0.1, 0.15) is 6.04 Å². The minimum atomic E-state index is -1.14. The van der Waals surface area contributed by atoms with E-state index in [0.717, 1.165) is 4.90 Å². The van der Waals surface area contributed by atoms with E-state index in [4.69, 9.17) is 16.7 Å². The molecule has 8 heteroatoms. The molecule has 2 amide bonds. The fourth-order valence-corrected chi connectivity index (χ4v) is 2.33. The Morgan fingerprint density at radius 1 is 1.41 bits per heavy atom. The Balaban J connectivity index is 3.03. The maximum atomic E-state index is 12.6. The number of carbonyl (C=O) groups excluding carboxylic acids is 2. The molecule has 0 fully saturated rings. The molecule has 22 heavy (non-hydrogen) atoms. The predicted octanol–water partition coefficient (Wildman–Crippen LogP) is 2.15. The average Bonchev–Trinajstić information content (AvgIpc) is 2.44. The van der Waals surface area contributed by atoms with Gasteiger partial charge in [0.2, 0.25) is 5.91 Å². The zero-order valence-corrected chi connectivity index (χ0v) is 14.4. The number of nitrogens with one attached hydrogen (secondary N) is 1. The molecule has 1 unspecified atom stereocenters. The summed E-state index contributed by atoms with van der Waals surface area (Å²) in [7, 11) is 0. The zero-order valence-electron chi connectivity index (χ0n) is 12.1. The molecular formula is C14H16BrClN2O4. The number of nitrogens with zero attached hydrogens (tertiary/aromatic N) is 1.